The van der Waals surface area contributed by atoms with E-state index in [9.17, 15) is 14.4 Å². The van der Waals surface area contributed by atoms with E-state index in [1.165, 1.54) is 0 Å². The minimum Gasteiger partial charge on any atom is -0.481 e. The van der Waals surface area contributed by atoms with Crippen LogP contribution in [0.5, 0.6) is 0 Å². The first-order valence-electron chi connectivity index (χ1n) is 3.17. The first-order chi connectivity index (χ1) is 5.78. The second-order valence-corrected chi connectivity index (χ2v) is 2.48. The fourth-order valence-corrected chi connectivity index (χ4v) is 0.714. The molecule has 0 rings (SSSR count). The fourth-order valence-electron chi connectivity index (χ4n) is 0.714. The number of carbonyl (C=O) groups is 3. The van der Waals surface area contributed by atoms with Gasteiger partial charge in [-0.25, -0.2) is 4.79 Å². The maximum absolute atomic E-state index is 10.3. The van der Waals surface area contributed by atoms with Crippen molar-refractivity contribution in [2.45, 2.75) is 18.4 Å². The van der Waals surface area contributed by atoms with Crippen molar-refractivity contribution >= 4 is 93.4 Å². The molecule has 15 heavy (non-hydrogen) atoms. The third-order valence-corrected chi connectivity index (χ3v) is 1.29. The van der Waals surface area contributed by atoms with E-state index in [0.717, 1.165) is 0 Å². The van der Waals surface area contributed by atoms with Crippen LogP contribution in [0.1, 0.15) is 12.8 Å². The van der Waals surface area contributed by atoms with E-state index in [-0.39, 0.29) is 75.5 Å². The molecule has 0 aliphatic heterocycles. The summed E-state index contributed by atoms with van der Waals surface area (Å²) in [6, 6.07) is 0. The van der Waals surface area contributed by atoms with Crippen molar-refractivity contribution in [1.29, 1.82) is 0 Å². The number of rotatable bonds is 5. The molecule has 0 aliphatic carbocycles. The van der Waals surface area contributed by atoms with Crippen LogP contribution in [-0.2, 0) is 14.4 Å². The number of hydrogen-bond acceptors (Lipinski definition) is 4. The average molecular weight is 272 g/mol. The van der Waals surface area contributed by atoms with Crippen LogP contribution in [0.2, 0.25) is 0 Å². The van der Waals surface area contributed by atoms with Crippen LogP contribution in [0.15, 0.2) is 0 Å². The molecular formula is C6H8Ca2O7. The van der Waals surface area contributed by atoms with Gasteiger partial charge in [0.1, 0.15) is 0 Å². The summed E-state index contributed by atoms with van der Waals surface area (Å²) in [4.78, 5) is 30.5. The molecule has 7 nitrogen and oxygen atoms in total. The Morgan fingerprint density at radius 2 is 1.13 bits per heavy atom. The standard InChI is InChI=1S/C6H8O7.2Ca/c7-3(8)1-6(13,5(11)12)2-4(9)10;;/h13H,1-2H2,(H,7,8)(H,9,10)(H,11,12);;. The molecule has 4 N–H and O–H groups in total. The molecule has 0 atom stereocenters. The molecule has 0 saturated carbocycles. The maximum Gasteiger partial charge on any atom is 0.336 e. The summed E-state index contributed by atoms with van der Waals surface area (Å²) in [7, 11) is 0. The summed E-state index contributed by atoms with van der Waals surface area (Å²) in [6.45, 7) is 0. The summed E-state index contributed by atoms with van der Waals surface area (Å²) >= 11 is 0. The molecule has 0 aliphatic rings. The number of carboxylic acid groups (broad SMARTS) is 3. The van der Waals surface area contributed by atoms with Gasteiger partial charge >= 0.3 is 17.9 Å². The largest absolute Gasteiger partial charge is 0.481 e. The Hall–Kier alpha value is 0.889. The molecule has 9 heteroatoms. The van der Waals surface area contributed by atoms with Crippen molar-refractivity contribution in [2.75, 3.05) is 0 Å². The van der Waals surface area contributed by atoms with Gasteiger partial charge < -0.3 is 20.4 Å². The monoisotopic (exact) mass is 272 g/mol. The Morgan fingerprint density at radius 3 is 1.27 bits per heavy atom. The van der Waals surface area contributed by atoms with E-state index in [0.29, 0.717) is 0 Å². The van der Waals surface area contributed by atoms with Crippen molar-refractivity contribution in [2.24, 2.45) is 0 Å². The summed E-state index contributed by atoms with van der Waals surface area (Å²) in [6.07, 6.45) is -2.29. The van der Waals surface area contributed by atoms with Gasteiger partial charge in [-0.15, -0.1) is 0 Å². The Kier molecular flexibility index (Phi) is 12.7. The molecule has 0 fully saturated rings. The first-order valence-corrected chi connectivity index (χ1v) is 3.17. The van der Waals surface area contributed by atoms with Crippen LogP contribution >= 0.6 is 0 Å². The predicted octanol–water partition coefficient (Wildman–Crippen LogP) is -2.01. The van der Waals surface area contributed by atoms with Crippen molar-refractivity contribution in [3.05, 3.63) is 0 Å². The molecule has 0 aromatic rings. The van der Waals surface area contributed by atoms with Crippen molar-refractivity contribution in [1.82, 2.24) is 0 Å². The maximum atomic E-state index is 10.3. The van der Waals surface area contributed by atoms with Gasteiger partial charge in [-0.05, 0) is 0 Å². The zero-order valence-electron chi connectivity index (χ0n) is 7.84. The van der Waals surface area contributed by atoms with E-state index in [2.05, 4.69) is 0 Å². The van der Waals surface area contributed by atoms with Gasteiger partial charge in [-0.1, -0.05) is 0 Å². The van der Waals surface area contributed by atoms with Gasteiger partial charge in [-0.2, -0.15) is 0 Å². The molecule has 0 amide bonds. The smallest absolute Gasteiger partial charge is 0.336 e. The van der Waals surface area contributed by atoms with Gasteiger partial charge in [0.05, 0.1) is 12.8 Å². The van der Waals surface area contributed by atoms with Crippen molar-refractivity contribution in [3.8, 4) is 0 Å². The van der Waals surface area contributed by atoms with E-state index >= 15 is 0 Å². The van der Waals surface area contributed by atoms with Crippen molar-refractivity contribution in [3.63, 3.8) is 0 Å². The van der Waals surface area contributed by atoms with E-state index in [1.807, 2.05) is 0 Å². The topological polar surface area (TPSA) is 132 Å². The third-order valence-electron chi connectivity index (χ3n) is 1.29. The Bertz CT molecular complexity index is 236. The van der Waals surface area contributed by atoms with E-state index in [4.69, 9.17) is 20.4 Å². The molecule has 78 valence electrons. The molecular weight excluding hydrogens is 264 g/mol. The van der Waals surface area contributed by atoms with Gasteiger partial charge in [0.25, 0.3) is 0 Å². The van der Waals surface area contributed by atoms with Crippen LogP contribution in [0.4, 0.5) is 0 Å². The van der Waals surface area contributed by atoms with E-state index < -0.39 is 36.4 Å². The summed E-state index contributed by atoms with van der Waals surface area (Å²) in [5.41, 5.74) is -2.74. The molecule has 0 aromatic carbocycles. The molecule has 0 heterocycles. The fraction of sp³-hybridized carbons (Fsp3) is 0.500. The minimum absolute atomic E-state index is 0. The zero-order valence-corrected chi connectivity index (χ0v) is 12.3. The Morgan fingerprint density at radius 1 is 0.867 bits per heavy atom. The quantitative estimate of drug-likeness (QED) is 0.425. The normalized spacial score (nSPS) is 9.40. The van der Waals surface area contributed by atoms with Crippen LogP contribution in [-0.4, -0.2) is 119 Å². The zero-order chi connectivity index (χ0) is 10.6. The third kappa shape index (κ3) is 8.67. The van der Waals surface area contributed by atoms with Gasteiger partial charge in [-0.3, -0.25) is 9.59 Å². The Balaban J connectivity index is -0.000000720. The van der Waals surface area contributed by atoms with E-state index in [1.54, 1.807) is 0 Å². The summed E-state index contributed by atoms with van der Waals surface area (Å²) in [5, 5.41) is 33.8. The molecule has 0 spiro atoms. The second kappa shape index (κ2) is 8.98. The number of aliphatic carboxylic acids is 3. The van der Waals surface area contributed by atoms with Crippen LogP contribution in [0.25, 0.3) is 0 Å². The number of carboxylic acids is 3. The molecule has 0 bridgehead atoms. The second-order valence-electron chi connectivity index (χ2n) is 2.48. The predicted molar refractivity (Wildman–Crippen MR) is 48.6 cm³/mol. The molecule has 0 saturated heterocycles. The van der Waals surface area contributed by atoms with Crippen LogP contribution in [0.3, 0.4) is 0 Å². The Labute approximate surface area is 144 Å². The first kappa shape index (κ1) is 21.2. The molecule has 0 unspecified atom stereocenters. The van der Waals surface area contributed by atoms with Crippen molar-refractivity contribution < 1.29 is 34.8 Å². The summed E-state index contributed by atoms with van der Waals surface area (Å²) in [5.74, 6) is -5.02. The van der Waals surface area contributed by atoms with Crippen LogP contribution < -0.4 is 0 Å². The van der Waals surface area contributed by atoms with Gasteiger partial charge in [0, 0.05) is 75.5 Å². The molecule has 0 aromatic heterocycles. The van der Waals surface area contributed by atoms with Gasteiger partial charge in [0.2, 0.25) is 0 Å². The number of hydrogen-bond donors (Lipinski definition) is 4. The van der Waals surface area contributed by atoms with Gasteiger partial charge in [0.15, 0.2) is 5.60 Å². The number of aliphatic hydroxyl groups is 1. The SMILES string of the molecule is O=C(O)CC(O)(CC(=O)O)C(=O)O.[Ca].[Ca]. The van der Waals surface area contributed by atoms with Crippen LogP contribution in [0, 0.1) is 0 Å². The molecule has 4 radical (unpaired) electrons. The minimum atomic E-state index is -2.74. The summed E-state index contributed by atoms with van der Waals surface area (Å²) < 4.78 is 0. The average Bonchev–Trinajstić information content (AvgIpc) is 1.82.